The third-order valence-electron chi connectivity index (χ3n) is 7.81. The molecule has 3 atom stereocenters. The van der Waals surface area contributed by atoms with Crippen molar-refractivity contribution in [3.8, 4) is 0 Å². The lowest BCUT2D eigenvalue weighted by Crippen LogP contribution is -2.45. The van der Waals surface area contributed by atoms with Crippen LogP contribution in [-0.2, 0) is 24.8 Å². The third kappa shape index (κ3) is 10.4. The molecule has 46 heavy (non-hydrogen) atoms. The van der Waals surface area contributed by atoms with Crippen molar-refractivity contribution in [3.63, 3.8) is 0 Å². The average Bonchev–Trinajstić information content (AvgIpc) is 3.18. The number of halogens is 1. The molecule has 10 nitrogen and oxygen atoms in total. The van der Waals surface area contributed by atoms with Crippen LogP contribution in [0, 0.1) is 23.2 Å². The summed E-state index contributed by atoms with van der Waals surface area (Å²) >= 11 is 0. The Kier molecular flexibility index (Phi) is 11.0. The summed E-state index contributed by atoms with van der Waals surface area (Å²) in [7, 11) is -4.16. The van der Waals surface area contributed by atoms with Gasteiger partial charge in [-0.1, -0.05) is 47.6 Å². The van der Waals surface area contributed by atoms with E-state index in [1.165, 1.54) is 18.2 Å². The monoisotopic (exact) mass is 662 g/mol. The molecule has 3 rings (SSSR count). The van der Waals surface area contributed by atoms with E-state index in [-0.39, 0.29) is 33.9 Å². The Bertz CT molecular complexity index is 1460. The lowest BCUT2D eigenvalue weighted by atomic mass is 9.79. The fourth-order valence-electron chi connectivity index (χ4n) is 5.93. The highest BCUT2D eigenvalue weighted by atomic mass is 32.3. The maximum Gasteiger partial charge on any atom is 0.410 e. The molecule has 1 aliphatic heterocycles. The zero-order chi connectivity index (χ0) is 34.9. The largest absolute Gasteiger partial charge is 0.444 e. The number of ether oxygens (including phenoxy) is 1. The van der Waals surface area contributed by atoms with Crippen LogP contribution in [0.2, 0.25) is 0 Å². The maximum absolute atomic E-state index is 14.7. The van der Waals surface area contributed by atoms with E-state index >= 15 is 0 Å². The van der Waals surface area contributed by atoms with Gasteiger partial charge in [0, 0.05) is 35.8 Å². The third-order valence-corrected chi connectivity index (χ3v) is 9.07. The molecule has 2 amide bonds. The molecule has 1 saturated heterocycles. The Morgan fingerprint density at radius 2 is 1.74 bits per heavy atom. The maximum atomic E-state index is 14.7. The van der Waals surface area contributed by atoms with Gasteiger partial charge in [0.05, 0.1) is 5.56 Å². The van der Waals surface area contributed by atoms with Crippen molar-refractivity contribution < 1.29 is 27.5 Å². The molecule has 12 heteroatoms. The summed E-state index contributed by atoms with van der Waals surface area (Å²) in [5.74, 6) is -1.22. The molecular weight excluding hydrogens is 609 g/mol. The van der Waals surface area contributed by atoms with Crippen molar-refractivity contribution in [3.05, 3.63) is 47.5 Å². The van der Waals surface area contributed by atoms with Gasteiger partial charge in [-0.15, -0.1) is 4.72 Å². The molecule has 3 N–H and O–H groups in total. The van der Waals surface area contributed by atoms with Crippen molar-refractivity contribution in [2.24, 2.45) is 17.3 Å². The summed E-state index contributed by atoms with van der Waals surface area (Å²) in [6.45, 7) is 23.0. The van der Waals surface area contributed by atoms with Crippen LogP contribution >= 0.6 is 0 Å². The summed E-state index contributed by atoms with van der Waals surface area (Å²) in [4.78, 5) is 35.8. The summed E-state index contributed by atoms with van der Waals surface area (Å²) in [5, 5.41) is 3.06. The summed E-state index contributed by atoms with van der Waals surface area (Å²) in [5.41, 5.74) is -1.28. The predicted octanol–water partition coefficient (Wildman–Crippen LogP) is 7.48. The lowest BCUT2D eigenvalue weighted by molar-refractivity contribution is 0.0130. The molecule has 0 radical (unpaired) electrons. The Morgan fingerprint density at radius 1 is 1.09 bits per heavy atom. The van der Waals surface area contributed by atoms with Crippen molar-refractivity contribution in [2.75, 3.05) is 18.4 Å². The molecule has 0 spiro atoms. The number of nitrogens with zero attached hydrogens (tertiary/aromatic N) is 3. The molecule has 2 aromatic rings. The van der Waals surface area contributed by atoms with E-state index in [0.717, 1.165) is 19.3 Å². The fourth-order valence-corrected chi connectivity index (χ4v) is 6.88. The van der Waals surface area contributed by atoms with Crippen molar-refractivity contribution in [1.82, 2.24) is 19.6 Å². The first-order chi connectivity index (χ1) is 20.9. The molecule has 0 bridgehead atoms. The summed E-state index contributed by atoms with van der Waals surface area (Å²) in [6.07, 6.45) is 2.32. The average molecular weight is 663 g/mol. The van der Waals surface area contributed by atoms with Gasteiger partial charge in [-0.25, -0.2) is 9.78 Å². The Labute approximate surface area is 275 Å². The van der Waals surface area contributed by atoms with Gasteiger partial charge < -0.3 is 15.0 Å². The number of carbonyl (C=O) groups excluding carboxylic acids is 2. The van der Waals surface area contributed by atoms with Crippen LogP contribution in [0.4, 0.5) is 15.0 Å². The number of rotatable bonds is 9. The number of hydrogen-bond acceptors (Lipinski definition) is 7. The first-order valence-corrected chi connectivity index (χ1v) is 17.4. The first kappa shape index (κ1) is 37.3. The van der Waals surface area contributed by atoms with E-state index in [0.29, 0.717) is 24.6 Å². The SMILES string of the molecule is CC(C)(C)CC(CNc1cccc([S+](=O)(O)NC(=O)c2ccc(C(C)(C)C)nc2F)n1)C[C@@H]1CN(C(=O)OC(C)(C)C)C(C)(C)C1. The molecule has 0 aromatic carbocycles. The number of aromatic nitrogens is 2. The second-order valence-corrected chi connectivity index (χ2v) is 18.0. The van der Waals surface area contributed by atoms with Crippen LogP contribution in [0.25, 0.3) is 0 Å². The molecular formula is C34H53FN5O5S+. The van der Waals surface area contributed by atoms with Gasteiger partial charge >= 0.3 is 21.5 Å². The molecule has 2 unspecified atom stereocenters. The second-order valence-electron chi connectivity index (χ2n) is 16.3. The Morgan fingerprint density at radius 3 is 2.30 bits per heavy atom. The molecule has 2 aromatic heterocycles. The minimum atomic E-state index is -4.16. The van der Waals surface area contributed by atoms with E-state index in [4.69, 9.17) is 4.74 Å². The highest BCUT2D eigenvalue weighted by Gasteiger charge is 2.43. The van der Waals surface area contributed by atoms with Gasteiger partial charge in [0.1, 0.15) is 11.4 Å². The minimum Gasteiger partial charge on any atom is -0.444 e. The number of pyridine rings is 2. The smallest absolute Gasteiger partial charge is 0.410 e. The molecule has 0 saturated carbocycles. The van der Waals surface area contributed by atoms with Gasteiger partial charge in [-0.2, -0.15) is 13.9 Å². The van der Waals surface area contributed by atoms with E-state index < -0.39 is 38.8 Å². The molecule has 0 aliphatic carbocycles. The zero-order valence-corrected chi connectivity index (χ0v) is 30.1. The minimum absolute atomic E-state index is 0.0412. The lowest BCUT2D eigenvalue weighted by Gasteiger charge is -2.33. The molecule has 1 fully saturated rings. The normalized spacial score (nSPS) is 18.9. The number of likely N-dealkylation sites (tertiary alicyclic amines) is 1. The quantitative estimate of drug-likeness (QED) is 0.186. The number of anilines is 1. The van der Waals surface area contributed by atoms with Gasteiger partial charge in [-0.3, -0.25) is 4.79 Å². The number of carbonyl (C=O) groups is 2. The topological polar surface area (TPSA) is 134 Å². The second kappa shape index (κ2) is 13.5. The van der Waals surface area contributed by atoms with E-state index in [1.54, 1.807) is 12.1 Å². The van der Waals surface area contributed by atoms with Gasteiger partial charge in [0.2, 0.25) is 5.95 Å². The van der Waals surface area contributed by atoms with Crippen LogP contribution in [0.5, 0.6) is 0 Å². The van der Waals surface area contributed by atoms with Crippen molar-refractivity contribution in [2.45, 2.75) is 117 Å². The number of amides is 2. The summed E-state index contributed by atoms with van der Waals surface area (Å²) in [6, 6.07) is 7.38. The highest BCUT2D eigenvalue weighted by molar-refractivity contribution is 7.96. The molecule has 1 aliphatic rings. The first-order valence-electron chi connectivity index (χ1n) is 15.8. The van der Waals surface area contributed by atoms with E-state index in [1.807, 2.05) is 51.2 Å². The van der Waals surface area contributed by atoms with Crippen LogP contribution in [0.15, 0.2) is 35.4 Å². The molecule has 256 valence electrons. The highest BCUT2D eigenvalue weighted by Crippen LogP contribution is 2.39. The van der Waals surface area contributed by atoms with Crippen molar-refractivity contribution in [1.29, 1.82) is 0 Å². The number of hydrogen-bond donors (Lipinski definition) is 3. The van der Waals surface area contributed by atoms with E-state index in [2.05, 4.69) is 49.9 Å². The van der Waals surface area contributed by atoms with Crippen molar-refractivity contribution >= 4 is 28.2 Å². The standard InChI is InChI=1S/C34H52FN5O5S/c1-31(2,3)18-22(17-23-19-34(10,11)40(21-23)30(42)45-33(7,8)9)20-36-26-13-12-14-27(38-26)46(43,44)39-29(41)24-15-16-25(32(4,5)6)37-28(24)35/h12-16,22-23H,17-21H2,1-11H3,(H2-,36,38,39,41,43,44)/p+1/t22?,23-/m0/s1. The Balaban J connectivity index is 1.71. The van der Waals surface area contributed by atoms with Gasteiger partial charge in [0.15, 0.2) is 0 Å². The van der Waals surface area contributed by atoms with Gasteiger partial charge in [-0.05, 0) is 93.5 Å². The molecule has 3 heterocycles. The van der Waals surface area contributed by atoms with Crippen LogP contribution in [0.1, 0.15) is 111 Å². The van der Waals surface area contributed by atoms with Crippen LogP contribution < -0.4 is 10.0 Å². The van der Waals surface area contributed by atoms with Crippen LogP contribution in [0.3, 0.4) is 0 Å². The fraction of sp³-hybridized carbons (Fsp3) is 0.647. The predicted molar refractivity (Wildman–Crippen MR) is 179 cm³/mol. The zero-order valence-electron chi connectivity index (χ0n) is 29.3. The number of nitrogens with one attached hydrogen (secondary N) is 2. The van der Waals surface area contributed by atoms with E-state index in [9.17, 15) is 22.7 Å². The Hall–Kier alpha value is -3.12. The van der Waals surface area contributed by atoms with Crippen LogP contribution in [-0.4, -0.2) is 55.7 Å². The summed E-state index contributed by atoms with van der Waals surface area (Å²) < 4.78 is 46.3. The van der Waals surface area contributed by atoms with Gasteiger partial charge in [0.25, 0.3) is 5.91 Å².